The Morgan fingerprint density at radius 3 is 1.67 bits per heavy atom. The van der Waals surface area contributed by atoms with Gasteiger partial charge in [-0.25, -0.2) is 0 Å². The van der Waals surface area contributed by atoms with E-state index in [1.165, 1.54) is 6.04 Å². The van der Waals surface area contributed by atoms with Gasteiger partial charge in [-0.2, -0.15) is 0 Å². The number of rotatable bonds is 4. The van der Waals surface area contributed by atoms with Crippen LogP contribution in [-0.4, -0.2) is 35.2 Å². The molecule has 7 heteroatoms. The minimum absolute atomic E-state index is 1.05. The van der Waals surface area contributed by atoms with Gasteiger partial charge >= 0.3 is 8.80 Å². The maximum Gasteiger partial charge on any atom is 0.468 e. The van der Waals surface area contributed by atoms with E-state index in [9.17, 15) is 0 Å². The topological polar surface area (TPSA) is 27.7 Å². The second kappa shape index (κ2) is 4.94. The molecule has 0 spiro atoms. The zero-order chi connectivity index (χ0) is 11.7. The van der Waals surface area contributed by atoms with E-state index in [-0.39, 0.29) is 0 Å². The van der Waals surface area contributed by atoms with E-state index in [2.05, 4.69) is 39.3 Å². The summed E-state index contributed by atoms with van der Waals surface area (Å²) in [4.78, 5) is 0. The minimum Gasteiger partial charge on any atom is -0.420 e. The molecule has 0 unspecified atom stereocenters. The van der Waals surface area contributed by atoms with Crippen molar-refractivity contribution < 1.29 is 12.3 Å². The van der Waals surface area contributed by atoms with Crippen LogP contribution in [0.3, 0.4) is 0 Å². The van der Waals surface area contributed by atoms with Crippen LogP contribution in [0.4, 0.5) is 0 Å². The average molecular weight is 281 g/mol. The highest BCUT2D eigenvalue weighted by Crippen LogP contribution is 2.35. The summed E-state index contributed by atoms with van der Waals surface area (Å²) in [5.74, 6) is 0. The van der Waals surface area contributed by atoms with Crippen molar-refractivity contribution in [2.75, 3.05) is 0 Å². The first kappa shape index (κ1) is 13.8. The van der Waals surface area contributed by atoms with Gasteiger partial charge in [0.25, 0.3) is 0 Å². The Labute approximate surface area is 99.1 Å². The van der Waals surface area contributed by atoms with Crippen LogP contribution in [0.1, 0.15) is 0 Å². The summed E-state index contributed by atoms with van der Waals surface area (Å²) in [5, 5.41) is 0. The van der Waals surface area contributed by atoms with Gasteiger partial charge in [0.15, 0.2) is 26.4 Å². The Hall–Kier alpha value is 0.748. The molecule has 1 aliphatic heterocycles. The van der Waals surface area contributed by atoms with Gasteiger partial charge in [-0.15, -0.1) is 0 Å². The lowest BCUT2D eigenvalue weighted by Crippen LogP contribution is -2.50. The Morgan fingerprint density at radius 2 is 1.40 bits per heavy atom. The molecule has 0 aromatic carbocycles. The molecular formula is C8H24O3Si4. The van der Waals surface area contributed by atoms with E-state index in [1.54, 1.807) is 0 Å². The van der Waals surface area contributed by atoms with Crippen molar-refractivity contribution in [1.82, 2.24) is 0 Å². The molecule has 0 aliphatic carbocycles. The van der Waals surface area contributed by atoms with Crippen LogP contribution >= 0.6 is 0 Å². The van der Waals surface area contributed by atoms with Crippen LogP contribution in [-0.2, 0) is 12.3 Å². The summed E-state index contributed by atoms with van der Waals surface area (Å²) in [6.45, 7) is 13.4. The van der Waals surface area contributed by atoms with Crippen molar-refractivity contribution in [2.45, 2.75) is 51.4 Å². The van der Waals surface area contributed by atoms with Gasteiger partial charge in [0.05, 0.1) is 0 Å². The van der Waals surface area contributed by atoms with Gasteiger partial charge in [0, 0.05) is 6.04 Å². The van der Waals surface area contributed by atoms with Crippen molar-refractivity contribution in [3.8, 4) is 0 Å². The van der Waals surface area contributed by atoms with Crippen LogP contribution in [0.25, 0.3) is 0 Å². The van der Waals surface area contributed by atoms with Crippen LogP contribution in [0, 0.1) is 0 Å². The molecule has 0 amide bonds. The Balaban J connectivity index is 2.70. The SMILES string of the molecule is C[SiH](C)O[Si]1(O[SiH](C)C)CC[Si](C)(C)O1. The highest BCUT2D eigenvalue weighted by atomic mass is 28.5. The monoisotopic (exact) mass is 280 g/mol. The fourth-order valence-corrected chi connectivity index (χ4v) is 18.4. The third kappa shape index (κ3) is 4.25. The molecule has 0 saturated carbocycles. The summed E-state index contributed by atoms with van der Waals surface area (Å²) in [6.07, 6.45) is 0. The smallest absolute Gasteiger partial charge is 0.420 e. The van der Waals surface area contributed by atoms with Crippen LogP contribution in [0.5, 0.6) is 0 Å². The quantitative estimate of drug-likeness (QED) is 0.739. The van der Waals surface area contributed by atoms with E-state index in [4.69, 9.17) is 12.3 Å². The third-order valence-electron chi connectivity index (χ3n) is 2.30. The zero-order valence-electron chi connectivity index (χ0n) is 10.8. The minimum atomic E-state index is -2.21. The molecule has 3 nitrogen and oxygen atoms in total. The van der Waals surface area contributed by atoms with Gasteiger partial charge in [-0.05, 0) is 45.3 Å². The molecule has 0 bridgehead atoms. The number of hydrogen-bond donors (Lipinski definition) is 0. The molecule has 0 N–H and O–H groups in total. The molecule has 90 valence electrons. The standard InChI is InChI=1S/C8H24O3Si4/c1-12(2)9-15(10-13(3)4)8-7-14(5,6)11-15/h12-13H,7-8H2,1-6H3. The van der Waals surface area contributed by atoms with E-state index in [0.29, 0.717) is 0 Å². The lowest BCUT2D eigenvalue weighted by atomic mass is 10.9. The van der Waals surface area contributed by atoms with E-state index in [0.717, 1.165) is 6.04 Å². The highest BCUT2D eigenvalue weighted by molar-refractivity contribution is 6.89. The van der Waals surface area contributed by atoms with Crippen molar-refractivity contribution >= 4 is 35.2 Å². The lowest BCUT2D eigenvalue weighted by Gasteiger charge is -2.32. The van der Waals surface area contributed by atoms with Gasteiger partial charge in [0.1, 0.15) is 0 Å². The van der Waals surface area contributed by atoms with Crippen LogP contribution < -0.4 is 0 Å². The second-order valence-electron chi connectivity index (χ2n) is 5.38. The molecule has 0 aromatic rings. The molecule has 1 heterocycles. The van der Waals surface area contributed by atoms with Gasteiger partial charge < -0.3 is 12.3 Å². The van der Waals surface area contributed by atoms with Gasteiger partial charge in [-0.1, -0.05) is 0 Å². The summed E-state index contributed by atoms with van der Waals surface area (Å²) in [7, 11) is -5.76. The summed E-state index contributed by atoms with van der Waals surface area (Å²) >= 11 is 0. The second-order valence-corrected chi connectivity index (χ2v) is 18.2. The summed E-state index contributed by atoms with van der Waals surface area (Å²) in [5.41, 5.74) is 0. The van der Waals surface area contributed by atoms with Gasteiger partial charge in [0.2, 0.25) is 0 Å². The van der Waals surface area contributed by atoms with Crippen molar-refractivity contribution in [3.05, 3.63) is 0 Å². The van der Waals surface area contributed by atoms with Crippen LogP contribution in [0.15, 0.2) is 0 Å². The first-order chi connectivity index (χ1) is 6.75. The molecular weight excluding hydrogens is 256 g/mol. The average Bonchev–Trinajstić information content (AvgIpc) is 2.22. The van der Waals surface area contributed by atoms with Crippen molar-refractivity contribution in [3.63, 3.8) is 0 Å². The number of hydrogen-bond acceptors (Lipinski definition) is 3. The maximum absolute atomic E-state index is 6.26. The highest BCUT2D eigenvalue weighted by Gasteiger charge is 2.53. The van der Waals surface area contributed by atoms with Crippen molar-refractivity contribution in [2.24, 2.45) is 0 Å². The Kier molecular flexibility index (Phi) is 4.55. The molecule has 1 aliphatic rings. The zero-order valence-corrected chi connectivity index (χ0v) is 15.1. The molecule has 1 rings (SSSR count). The fourth-order valence-electron chi connectivity index (χ4n) is 1.89. The molecule has 0 radical (unpaired) electrons. The van der Waals surface area contributed by atoms with Crippen LogP contribution in [0.2, 0.25) is 51.4 Å². The van der Waals surface area contributed by atoms with E-state index in [1.807, 2.05) is 0 Å². The van der Waals surface area contributed by atoms with Crippen molar-refractivity contribution in [1.29, 1.82) is 0 Å². The summed E-state index contributed by atoms with van der Waals surface area (Å²) < 4.78 is 18.6. The largest absolute Gasteiger partial charge is 0.468 e. The predicted molar refractivity (Wildman–Crippen MR) is 73.9 cm³/mol. The third-order valence-corrected chi connectivity index (χ3v) is 15.2. The Morgan fingerprint density at radius 1 is 0.933 bits per heavy atom. The maximum atomic E-state index is 6.26. The first-order valence-corrected chi connectivity index (χ1v) is 16.4. The van der Waals surface area contributed by atoms with E-state index >= 15 is 0 Å². The lowest BCUT2D eigenvalue weighted by molar-refractivity contribution is 0.279. The van der Waals surface area contributed by atoms with E-state index < -0.39 is 35.2 Å². The summed E-state index contributed by atoms with van der Waals surface area (Å²) in [6, 6.07) is 2.28. The molecule has 0 aromatic heterocycles. The Bertz CT molecular complexity index is 210. The normalized spacial score (nSPS) is 24.0. The predicted octanol–water partition coefficient (Wildman–Crippen LogP) is 2.16. The molecule has 0 atom stereocenters. The fraction of sp³-hybridized carbons (Fsp3) is 1.00. The first-order valence-electron chi connectivity index (χ1n) is 5.80. The molecule has 15 heavy (non-hydrogen) atoms. The molecule has 1 saturated heterocycles. The van der Waals surface area contributed by atoms with Gasteiger partial charge in [-0.3, -0.25) is 0 Å². The molecule has 1 fully saturated rings.